The highest BCUT2D eigenvalue weighted by molar-refractivity contribution is 9.10. The fourth-order valence-electron chi connectivity index (χ4n) is 1.18. The number of aryl methyl sites for hydroxylation is 1. The molecule has 0 amide bonds. The molecule has 0 spiro atoms. The van der Waals surface area contributed by atoms with E-state index in [2.05, 4.69) is 26.1 Å². The first kappa shape index (κ1) is 7.73. The van der Waals surface area contributed by atoms with Crippen LogP contribution < -0.4 is 0 Å². The van der Waals surface area contributed by atoms with Crippen molar-refractivity contribution in [2.24, 2.45) is 0 Å². The number of halogens is 2. The number of benzene rings is 1. The van der Waals surface area contributed by atoms with Crippen LogP contribution in [0.4, 0.5) is 4.39 Å². The van der Waals surface area contributed by atoms with Crippen LogP contribution in [0.25, 0.3) is 10.9 Å². The lowest BCUT2D eigenvalue weighted by molar-refractivity contribution is 0.639. The van der Waals surface area contributed by atoms with Gasteiger partial charge in [-0.1, -0.05) is 6.07 Å². The van der Waals surface area contributed by atoms with Gasteiger partial charge in [0.25, 0.3) is 0 Å². The van der Waals surface area contributed by atoms with Gasteiger partial charge < -0.3 is 0 Å². The van der Waals surface area contributed by atoms with Crippen molar-refractivity contribution < 1.29 is 4.39 Å². The zero-order chi connectivity index (χ0) is 8.72. The molecule has 1 N–H and O–H groups in total. The first-order chi connectivity index (χ1) is 5.70. The molecular weight excluding hydrogens is 223 g/mol. The molecule has 1 heterocycles. The minimum atomic E-state index is -0.253. The van der Waals surface area contributed by atoms with Gasteiger partial charge in [-0.25, -0.2) is 4.39 Å². The van der Waals surface area contributed by atoms with Gasteiger partial charge in [-0.15, -0.1) is 0 Å². The summed E-state index contributed by atoms with van der Waals surface area (Å²) in [6.07, 6.45) is 0. The molecule has 2 rings (SSSR count). The van der Waals surface area contributed by atoms with Gasteiger partial charge in [0.1, 0.15) is 10.4 Å². The Bertz CT molecular complexity index is 436. The monoisotopic (exact) mass is 228 g/mol. The van der Waals surface area contributed by atoms with E-state index in [0.717, 1.165) is 5.56 Å². The minimum Gasteiger partial charge on any atom is -0.270 e. The topological polar surface area (TPSA) is 28.7 Å². The van der Waals surface area contributed by atoms with Crippen molar-refractivity contribution in [3.63, 3.8) is 0 Å². The maximum Gasteiger partial charge on any atom is 0.135 e. The number of aromatic amines is 1. The number of aromatic nitrogens is 2. The number of nitrogens with zero attached hydrogens (tertiary/aromatic N) is 1. The molecule has 0 bridgehead atoms. The standard InChI is InChI=1S/C8H6BrFN2/c1-4-2-3-5(10)6-7(4)11-12-8(6)9/h2-3H,1H3,(H,11,12). The van der Waals surface area contributed by atoms with Crippen molar-refractivity contribution in [1.29, 1.82) is 0 Å². The highest BCUT2D eigenvalue weighted by Crippen LogP contribution is 2.25. The molecule has 0 atom stereocenters. The second-order valence-corrected chi connectivity index (χ2v) is 3.42. The lowest BCUT2D eigenvalue weighted by Crippen LogP contribution is -1.80. The summed E-state index contributed by atoms with van der Waals surface area (Å²) in [5.74, 6) is -0.253. The molecular formula is C8H6BrFN2. The SMILES string of the molecule is Cc1ccc(F)c2c(Br)[nH]nc12. The number of hydrogen-bond donors (Lipinski definition) is 1. The molecule has 0 saturated heterocycles. The van der Waals surface area contributed by atoms with Crippen molar-refractivity contribution in [2.45, 2.75) is 6.92 Å². The van der Waals surface area contributed by atoms with Gasteiger partial charge in [0.2, 0.25) is 0 Å². The molecule has 12 heavy (non-hydrogen) atoms. The predicted molar refractivity (Wildman–Crippen MR) is 48.5 cm³/mol. The summed E-state index contributed by atoms with van der Waals surface area (Å²) in [5.41, 5.74) is 1.65. The molecule has 62 valence electrons. The second-order valence-electron chi connectivity index (χ2n) is 2.63. The first-order valence-corrected chi connectivity index (χ1v) is 4.28. The van der Waals surface area contributed by atoms with E-state index in [-0.39, 0.29) is 5.82 Å². The van der Waals surface area contributed by atoms with Crippen LogP contribution in [0.5, 0.6) is 0 Å². The molecule has 0 saturated carbocycles. The van der Waals surface area contributed by atoms with Crippen molar-refractivity contribution in [2.75, 3.05) is 0 Å². The fraction of sp³-hybridized carbons (Fsp3) is 0.125. The van der Waals surface area contributed by atoms with E-state index >= 15 is 0 Å². The Kier molecular flexibility index (Phi) is 1.65. The summed E-state index contributed by atoms with van der Waals surface area (Å²) in [4.78, 5) is 0. The van der Waals surface area contributed by atoms with E-state index in [1.807, 2.05) is 6.92 Å². The van der Waals surface area contributed by atoms with Crippen molar-refractivity contribution in [3.05, 3.63) is 28.1 Å². The number of fused-ring (bicyclic) bond motifs is 1. The molecule has 4 heteroatoms. The fourth-order valence-corrected chi connectivity index (χ4v) is 1.65. The molecule has 0 aliphatic heterocycles. The van der Waals surface area contributed by atoms with Gasteiger partial charge in [-0.3, -0.25) is 5.10 Å². The Balaban J connectivity index is 2.98. The molecule has 2 nitrogen and oxygen atoms in total. The van der Waals surface area contributed by atoms with Gasteiger partial charge in [0.15, 0.2) is 0 Å². The van der Waals surface area contributed by atoms with Crippen LogP contribution in [0.1, 0.15) is 5.56 Å². The minimum absolute atomic E-state index is 0.253. The van der Waals surface area contributed by atoms with Crippen molar-refractivity contribution in [3.8, 4) is 0 Å². The molecule has 2 aromatic rings. The third kappa shape index (κ3) is 0.948. The van der Waals surface area contributed by atoms with E-state index in [4.69, 9.17) is 0 Å². The van der Waals surface area contributed by atoms with Crippen molar-refractivity contribution in [1.82, 2.24) is 10.2 Å². The maximum absolute atomic E-state index is 13.2. The Morgan fingerprint density at radius 3 is 2.92 bits per heavy atom. The highest BCUT2D eigenvalue weighted by Gasteiger charge is 2.09. The van der Waals surface area contributed by atoms with Crippen LogP contribution in [0.2, 0.25) is 0 Å². The highest BCUT2D eigenvalue weighted by atomic mass is 79.9. The average Bonchev–Trinajstić information content (AvgIpc) is 2.42. The third-order valence-electron chi connectivity index (χ3n) is 1.81. The van der Waals surface area contributed by atoms with E-state index < -0.39 is 0 Å². The second kappa shape index (κ2) is 2.55. The normalized spacial score (nSPS) is 10.9. The quantitative estimate of drug-likeness (QED) is 0.739. The van der Waals surface area contributed by atoms with E-state index in [9.17, 15) is 4.39 Å². The number of nitrogens with one attached hydrogen (secondary N) is 1. The summed E-state index contributed by atoms with van der Waals surface area (Å²) < 4.78 is 13.8. The van der Waals surface area contributed by atoms with Gasteiger partial charge in [-0.05, 0) is 34.5 Å². The predicted octanol–water partition coefficient (Wildman–Crippen LogP) is 2.77. The summed E-state index contributed by atoms with van der Waals surface area (Å²) in [5, 5.41) is 7.17. The zero-order valence-corrected chi connectivity index (χ0v) is 7.94. The van der Waals surface area contributed by atoms with Crippen LogP contribution in [0.3, 0.4) is 0 Å². The molecule has 0 unspecified atom stereocenters. The molecule has 0 radical (unpaired) electrons. The zero-order valence-electron chi connectivity index (χ0n) is 6.36. The van der Waals surface area contributed by atoms with Crippen LogP contribution >= 0.6 is 15.9 Å². The number of hydrogen-bond acceptors (Lipinski definition) is 1. The molecule has 1 aromatic heterocycles. The molecule has 0 aliphatic carbocycles. The van der Waals surface area contributed by atoms with Crippen LogP contribution in [0, 0.1) is 12.7 Å². The smallest absolute Gasteiger partial charge is 0.135 e. The van der Waals surface area contributed by atoms with E-state index in [0.29, 0.717) is 15.5 Å². The van der Waals surface area contributed by atoms with Crippen molar-refractivity contribution >= 4 is 26.8 Å². The number of rotatable bonds is 0. The lowest BCUT2D eigenvalue weighted by atomic mass is 10.2. The Morgan fingerprint density at radius 2 is 2.25 bits per heavy atom. The average molecular weight is 229 g/mol. The van der Waals surface area contributed by atoms with Gasteiger partial charge in [-0.2, -0.15) is 5.10 Å². The van der Waals surface area contributed by atoms with E-state index in [1.165, 1.54) is 6.07 Å². The third-order valence-corrected chi connectivity index (χ3v) is 2.39. The van der Waals surface area contributed by atoms with Gasteiger partial charge >= 0.3 is 0 Å². The summed E-state index contributed by atoms with van der Waals surface area (Å²) in [6.45, 7) is 1.90. The Hall–Kier alpha value is -0.900. The molecule has 0 aliphatic rings. The van der Waals surface area contributed by atoms with Crippen LogP contribution in [-0.2, 0) is 0 Å². The molecule has 0 fully saturated rings. The van der Waals surface area contributed by atoms with Gasteiger partial charge in [0.05, 0.1) is 10.9 Å². The Labute approximate surface area is 76.9 Å². The Morgan fingerprint density at radius 1 is 1.50 bits per heavy atom. The lowest BCUT2D eigenvalue weighted by Gasteiger charge is -1.94. The number of H-pyrrole nitrogens is 1. The summed E-state index contributed by atoms with van der Waals surface area (Å²) >= 11 is 3.19. The largest absolute Gasteiger partial charge is 0.270 e. The van der Waals surface area contributed by atoms with Crippen LogP contribution in [0.15, 0.2) is 16.7 Å². The van der Waals surface area contributed by atoms with E-state index in [1.54, 1.807) is 6.07 Å². The molecule has 1 aromatic carbocycles. The maximum atomic E-state index is 13.2. The summed E-state index contributed by atoms with van der Waals surface area (Å²) in [7, 11) is 0. The van der Waals surface area contributed by atoms with Gasteiger partial charge in [0, 0.05) is 0 Å². The summed E-state index contributed by atoms with van der Waals surface area (Å²) in [6, 6.07) is 3.16. The van der Waals surface area contributed by atoms with Crippen LogP contribution in [-0.4, -0.2) is 10.2 Å². The first-order valence-electron chi connectivity index (χ1n) is 3.49.